The zero-order valence-electron chi connectivity index (χ0n) is 17.6. The van der Waals surface area contributed by atoms with Gasteiger partial charge in [0.05, 0.1) is 23.1 Å². The van der Waals surface area contributed by atoms with Crippen LogP contribution in [0.1, 0.15) is 55.2 Å². The molecule has 1 amide bonds. The van der Waals surface area contributed by atoms with Gasteiger partial charge in [-0.2, -0.15) is 5.10 Å². The van der Waals surface area contributed by atoms with Crippen LogP contribution in [0.3, 0.4) is 0 Å². The summed E-state index contributed by atoms with van der Waals surface area (Å²) in [6.45, 7) is 5.28. The van der Waals surface area contributed by atoms with Crippen molar-refractivity contribution in [3.05, 3.63) is 64.3 Å². The molecule has 0 radical (unpaired) electrons. The smallest absolute Gasteiger partial charge is 0.254 e. The molecule has 0 spiro atoms. The van der Waals surface area contributed by atoms with Crippen molar-refractivity contribution in [1.82, 2.24) is 19.6 Å². The molecular weight excluding hydrogens is 417 g/mol. The maximum Gasteiger partial charge on any atom is 0.254 e. The van der Waals surface area contributed by atoms with Crippen molar-refractivity contribution in [2.75, 3.05) is 13.1 Å². The standard InChI is InChI=1S/C23H25ClFN5O/c1-14-3-8-21-15(2)28(23(31)16-4-7-19(25)18(24)13-16)11-12-29(21)22(26-14)20-9-10-30(27-20)17-5-6-17/h4,7-10,13-15,17H,3,5-6,11-12H2,1-2H3/t14-,15-/m1/s1. The van der Waals surface area contributed by atoms with E-state index in [1.54, 1.807) is 0 Å². The van der Waals surface area contributed by atoms with Crippen LogP contribution in [0.15, 0.2) is 47.2 Å². The van der Waals surface area contributed by atoms with Crippen LogP contribution in [0.4, 0.5) is 4.39 Å². The van der Waals surface area contributed by atoms with Gasteiger partial charge in [-0.05, 0) is 57.4 Å². The molecule has 3 aliphatic rings. The lowest BCUT2D eigenvalue weighted by Crippen LogP contribution is -2.54. The monoisotopic (exact) mass is 441 g/mol. The number of benzene rings is 1. The number of aliphatic imine (C=N–C) groups is 1. The number of amidine groups is 1. The van der Waals surface area contributed by atoms with Crippen LogP contribution in [0.25, 0.3) is 0 Å². The van der Waals surface area contributed by atoms with E-state index in [1.807, 2.05) is 28.8 Å². The number of aromatic nitrogens is 2. The summed E-state index contributed by atoms with van der Waals surface area (Å²) in [5.41, 5.74) is 2.33. The van der Waals surface area contributed by atoms with E-state index in [2.05, 4.69) is 17.9 Å². The lowest BCUT2D eigenvalue weighted by molar-refractivity contribution is 0.0648. The topological polar surface area (TPSA) is 53.7 Å². The van der Waals surface area contributed by atoms with Crippen LogP contribution >= 0.6 is 11.6 Å². The zero-order chi connectivity index (χ0) is 21.7. The van der Waals surface area contributed by atoms with Crippen LogP contribution in [0.2, 0.25) is 5.02 Å². The van der Waals surface area contributed by atoms with E-state index in [-0.39, 0.29) is 23.0 Å². The summed E-state index contributed by atoms with van der Waals surface area (Å²) in [7, 11) is 0. The Morgan fingerprint density at radius 3 is 2.74 bits per heavy atom. The number of nitrogens with zero attached hydrogens (tertiary/aromatic N) is 5. The molecule has 2 fully saturated rings. The largest absolute Gasteiger partial charge is 0.329 e. The van der Waals surface area contributed by atoms with E-state index in [0.29, 0.717) is 24.7 Å². The van der Waals surface area contributed by atoms with Crippen molar-refractivity contribution in [3.8, 4) is 0 Å². The van der Waals surface area contributed by atoms with Gasteiger partial charge in [-0.1, -0.05) is 17.7 Å². The van der Waals surface area contributed by atoms with Crippen molar-refractivity contribution in [2.45, 2.75) is 51.2 Å². The number of piperazine rings is 1. The maximum atomic E-state index is 13.6. The highest BCUT2D eigenvalue weighted by molar-refractivity contribution is 6.31. The van der Waals surface area contributed by atoms with Crippen molar-refractivity contribution >= 4 is 23.3 Å². The van der Waals surface area contributed by atoms with Crippen molar-refractivity contribution in [2.24, 2.45) is 4.99 Å². The van der Waals surface area contributed by atoms with E-state index in [9.17, 15) is 9.18 Å². The van der Waals surface area contributed by atoms with Crippen LogP contribution in [0, 0.1) is 5.82 Å². The summed E-state index contributed by atoms with van der Waals surface area (Å²) in [6, 6.07) is 6.67. The Kier molecular flexibility index (Phi) is 5.08. The molecule has 2 aliphatic heterocycles. The number of hydrogen-bond donors (Lipinski definition) is 0. The Hall–Kier alpha value is -2.67. The number of carbonyl (C=O) groups excluding carboxylic acids is 1. The number of halogens is 2. The van der Waals surface area contributed by atoms with E-state index in [4.69, 9.17) is 21.7 Å². The first-order chi connectivity index (χ1) is 14.9. The average molecular weight is 442 g/mol. The van der Waals surface area contributed by atoms with E-state index in [0.717, 1.165) is 23.6 Å². The lowest BCUT2D eigenvalue weighted by atomic mass is 10.0. The minimum absolute atomic E-state index is 0.0414. The van der Waals surface area contributed by atoms with Gasteiger partial charge in [-0.25, -0.2) is 4.39 Å². The predicted molar refractivity (Wildman–Crippen MR) is 118 cm³/mol. The zero-order valence-corrected chi connectivity index (χ0v) is 18.4. The fraction of sp³-hybridized carbons (Fsp3) is 0.435. The summed E-state index contributed by atoms with van der Waals surface area (Å²) in [4.78, 5) is 22.2. The van der Waals surface area contributed by atoms with Crippen molar-refractivity contribution < 1.29 is 9.18 Å². The Balaban J connectivity index is 1.43. The van der Waals surface area contributed by atoms with Gasteiger partial charge < -0.3 is 9.80 Å². The van der Waals surface area contributed by atoms with Crippen LogP contribution in [-0.4, -0.2) is 56.5 Å². The number of rotatable bonds is 3. The Morgan fingerprint density at radius 2 is 2.00 bits per heavy atom. The molecule has 2 aromatic rings. The summed E-state index contributed by atoms with van der Waals surface area (Å²) in [5.74, 6) is 0.200. The second-order valence-corrected chi connectivity index (χ2v) is 8.94. The molecule has 0 unspecified atom stereocenters. The first kappa shape index (κ1) is 20.2. The quantitative estimate of drug-likeness (QED) is 0.714. The van der Waals surface area contributed by atoms with E-state index in [1.165, 1.54) is 31.0 Å². The molecule has 1 saturated carbocycles. The molecule has 8 heteroatoms. The third kappa shape index (κ3) is 3.76. The highest BCUT2D eigenvalue weighted by atomic mass is 35.5. The Bertz CT molecular complexity index is 1090. The number of amides is 1. The number of hydrogen-bond acceptors (Lipinski definition) is 4. The van der Waals surface area contributed by atoms with E-state index < -0.39 is 5.82 Å². The van der Waals surface area contributed by atoms with E-state index >= 15 is 0 Å². The minimum Gasteiger partial charge on any atom is -0.329 e. The molecule has 1 aliphatic carbocycles. The number of fused-ring (bicyclic) bond motifs is 1. The fourth-order valence-corrected chi connectivity index (χ4v) is 4.50. The first-order valence-electron chi connectivity index (χ1n) is 10.8. The average Bonchev–Trinajstić information content (AvgIpc) is 3.52. The Morgan fingerprint density at radius 1 is 1.19 bits per heavy atom. The summed E-state index contributed by atoms with van der Waals surface area (Å²) in [6.07, 6.45) is 7.38. The highest BCUT2D eigenvalue weighted by Crippen LogP contribution is 2.34. The third-order valence-corrected chi connectivity index (χ3v) is 6.51. The molecule has 1 aromatic carbocycles. The summed E-state index contributed by atoms with van der Waals surface area (Å²) in [5, 5.41) is 4.75. The minimum atomic E-state index is -0.525. The second kappa shape index (κ2) is 7.79. The Labute approximate surface area is 186 Å². The van der Waals surface area contributed by atoms with Crippen molar-refractivity contribution in [1.29, 1.82) is 0 Å². The van der Waals surface area contributed by atoms with Gasteiger partial charge in [-0.15, -0.1) is 0 Å². The molecule has 0 bridgehead atoms. The van der Waals surface area contributed by atoms with Gasteiger partial charge in [0.2, 0.25) is 0 Å². The maximum absolute atomic E-state index is 13.6. The normalized spacial score (nSPS) is 23.7. The molecule has 6 nitrogen and oxygen atoms in total. The third-order valence-electron chi connectivity index (χ3n) is 6.22. The van der Waals surface area contributed by atoms with Crippen LogP contribution in [0.5, 0.6) is 0 Å². The molecule has 2 atom stereocenters. The fourth-order valence-electron chi connectivity index (χ4n) is 4.32. The predicted octanol–water partition coefficient (Wildman–Crippen LogP) is 4.28. The highest BCUT2D eigenvalue weighted by Gasteiger charge is 2.36. The molecule has 5 rings (SSSR count). The summed E-state index contributed by atoms with van der Waals surface area (Å²) >= 11 is 5.91. The lowest BCUT2D eigenvalue weighted by Gasteiger charge is -2.42. The summed E-state index contributed by atoms with van der Waals surface area (Å²) < 4.78 is 15.6. The van der Waals surface area contributed by atoms with Gasteiger partial charge >= 0.3 is 0 Å². The number of carbonyl (C=O) groups is 1. The van der Waals surface area contributed by atoms with Crippen LogP contribution in [-0.2, 0) is 0 Å². The van der Waals surface area contributed by atoms with Gasteiger partial charge in [0.1, 0.15) is 11.5 Å². The molecule has 1 aromatic heterocycles. The molecular formula is C23H25ClFN5O. The van der Waals surface area contributed by atoms with Gasteiger partial charge in [0, 0.05) is 30.5 Å². The van der Waals surface area contributed by atoms with Gasteiger partial charge in [-0.3, -0.25) is 14.5 Å². The second-order valence-electron chi connectivity index (χ2n) is 8.53. The molecule has 1 saturated heterocycles. The first-order valence-corrected chi connectivity index (χ1v) is 11.2. The molecule has 31 heavy (non-hydrogen) atoms. The SMILES string of the molecule is C[C@@H]1CC=C2[C@@H](C)N(C(=O)c3ccc(F)c(Cl)c3)CCN2C(c2ccn(C3CC3)n2)=N1. The van der Waals surface area contributed by atoms with Gasteiger partial charge in [0.25, 0.3) is 5.91 Å². The molecule has 162 valence electrons. The van der Waals surface area contributed by atoms with Crippen molar-refractivity contribution in [3.63, 3.8) is 0 Å². The molecule has 3 heterocycles. The van der Waals surface area contributed by atoms with Crippen LogP contribution < -0.4 is 0 Å². The van der Waals surface area contributed by atoms with Gasteiger partial charge in [0.15, 0.2) is 5.84 Å². The molecule has 0 N–H and O–H groups in total.